The Balaban J connectivity index is 2.46. The van der Waals surface area contributed by atoms with Crippen LogP contribution in [0.15, 0.2) is 23.5 Å². The van der Waals surface area contributed by atoms with Gasteiger partial charge in [0.2, 0.25) is 0 Å². The number of guanidine groups is 1. The molecule has 7 heteroatoms. The largest absolute Gasteiger partial charge is 0.444 e. The first-order chi connectivity index (χ1) is 11.7. The molecule has 3 N–H and O–H groups in total. The molecule has 1 unspecified atom stereocenters. The highest BCUT2D eigenvalue weighted by molar-refractivity contribution is 5.79. The van der Waals surface area contributed by atoms with E-state index in [1.54, 1.807) is 7.05 Å². The number of carbonyl (C=O) groups is 1. The fourth-order valence-corrected chi connectivity index (χ4v) is 2.34. The van der Waals surface area contributed by atoms with Gasteiger partial charge in [0.15, 0.2) is 5.96 Å². The van der Waals surface area contributed by atoms with Crippen molar-refractivity contribution in [3.8, 4) is 0 Å². The fraction of sp³-hybridized carbons (Fsp3) is 0.667. The van der Waals surface area contributed by atoms with Crippen LogP contribution in [0.1, 0.15) is 46.1 Å². The highest BCUT2D eigenvalue weighted by atomic mass is 16.6. The molecule has 0 fully saturated rings. The number of hydrogen-bond donors (Lipinski definition) is 3. The molecule has 1 atom stereocenters. The number of ether oxygens (including phenoxy) is 1. The summed E-state index contributed by atoms with van der Waals surface area (Å²) >= 11 is 0. The van der Waals surface area contributed by atoms with E-state index in [0.717, 1.165) is 12.8 Å². The summed E-state index contributed by atoms with van der Waals surface area (Å²) in [4.78, 5) is 16.2. The quantitative estimate of drug-likeness (QED) is 0.520. The SMILES string of the molecule is CCCC(CNC(=NC)NCc1ccn(C)c1)NC(=O)OC(C)(C)C. The van der Waals surface area contributed by atoms with E-state index in [9.17, 15) is 4.79 Å². The third-order valence-corrected chi connectivity index (χ3v) is 3.45. The predicted molar refractivity (Wildman–Crippen MR) is 102 cm³/mol. The van der Waals surface area contributed by atoms with Crippen molar-refractivity contribution in [3.63, 3.8) is 0 Å². The molecule has 142 valence electrons. The van der Waals surface area contributed by atoms with Crippen LogP contribution in [0.3, 0.4) is 0 Å². The number of amides is 1. The minimum absolute atomic E-state index is 0.0184. The third kappa shape index (κ3) is 9.02. The standard InChI is InChI=1S/C18H33N5O2/c1-7-8-15(22-17(24)25-18(2,3)4)12-21-16(19-5)20-11-14-9-10-23(6)13-14/h9-10,13,15H,7-8,11-12H2,1-6H3,(H,22,24)(H2,19,20,21). The molecule has 1 aromatic rings. The van der Waals surface area contributed by atoms with Gasteiger partial charge in [0, 0.05) is 45.6 Å². The number of aryl methyl sites for hydroxylation is 1. The van der Waals surface area contributed by atoms with E-state index in [-0.39, 0.29) is 12.1 Å². The Hall–Kier alpha value is -2.18. The number of rotatable bonds is 7. The van der Waals surface area contributed by atoms with E-state index in [4.69, 9.17) is 4.74 Å². The van der Waals surface area contributed by atoms with Crippen molar-refractivity contribution in [1.29, 1.82) is 0 Å². The second-order valence-corrected chi connectivity index (χ2v) is 7.12. The van der Waals surface area contributed by atoms with Crippen molar-refractivity contribution in [1.82, 2.24) is 20.5 Å². The summed E-state index contributed by atoms with van der Waals surface area (Å²) in [7, 11) is 3.73. The first-order valence-corrected chi connectivity index (χ1v) is 8.78. The summed E-state index contributed by atoms with van der Waals surface area (Å²) in [5.41, 5.74) is 0.684. The Morgan fingerprint density at radius 1 is 1.36 bits per heavy atom. The summed E-state index contributed by atoms with van der Waals surface area (Å²) in [6, 6.07) is 2.04. The Bertz CT molecular complexity index is 560. The van der Waals surface area contributed by atoms with Gasteiger partial charge in [-0.25, -0.2) is 4.79 Å². The van der Waals surface area contributed by atoms with Gasteiger partial charge in [0.25, 0.3) is 0 Å². The number of aromatic nitrogens is 1. The zero-order valence-electron chi connectivity index (χ0n) is 16.3. The van der Waals surface area contributed by atoms with Gasteiger partial charge >= 0.3 is 6.09 Å². The minimum Gasteiger partial charge on any atom is -0.444 e. The molecule has 7 nitrogen and oxygen atoms in total. The van der Waals surface area contributed by atoms with Gasteiger partial charge in [-0.2, -0.15) is 0 Å². The molecule has 1 rings (SSSR count). The maximum Gasteiger partial charge on any atom is 0.407 e. The lowest BCUT2D eigenvalue weighted by atomic mass is 10.1. The highest BCUT2D eigenvalue weighted by Crippen LogP contribution is 2.07. The maximum atomic E-state index is 12.0. The van der Waals surface area contributed by atoms with E-state index in [0.29, 0.717) is 19.0 Å². The van der Waals surface area contributed by atoms with Crippen LogP contribution in [0.5, 0.6) is 0 Å². The second-order valence-electron chi connectivity index (χ2n) is 7.12. The van der Waals surface area contributed by atoms with E-state index in [2.05, 4.69) is 40.1 Å². The highest BCUT2D eigenvalue weighted by Gasteiger charge is 2.19. The average Bonchev–Trinajstić information content (AvgIpc) is 2.91. The molecule has 1 aromatic heterocycles. The molecule has 0 aromatic carbocycles. The topological polar surface area (TPSA) is 79.7 Å². The number of nitrogens with zero attached hydrogens (tertiary/aromatic N) is 2. The number of carbonyl (C=O) groups excluding carboxylic acids is 1. The first kappa shape index (κ1) is 20.9. The van der Waals surface area contributed by atoms with Crippen molar-refractivity contribution in [2.24, 2.45) is 12.0 Å². The summed E-state index contributed by atoms with van der Waals surface area (Å²) in [5.74, 6) is 0.705. The molecule has 0 saturated carbocycles. The van der Waals surface area contributed by atoms with Crippen LogP contribution < -0.4 is 16.0 Å². The Morgan fingerprint density at radius 2 is 2.08 bits per heavy atom. The van der Waals surface area contributed by atoms with Crippen molar-refractivity contribution in [2.45, 2.75) is 58.7 Å². The zero-order valence-corrected chi connectivity index (χ0v) is 16.3. The van der Waals surface area contributed by atoms with Crippen LogP contribution in [0, 0.1) is 0 Å². The molecule has 0 aliphatic heterocycles. The molecule has 0 aliphatic carbocycles. The van der Waals surface area contributed by atoms with Crippen molar-refractivity contribution in [2.75, 3.05) is 13.6 Å². The van der Waals surface area contributed by atoms with Gasteiger partial charge in [-0.1, -0.05) is 13.3 Å². The number of alkyl carbamates (subject to hydrolysis) is 1. The summed E-state index contributed by atoms with van der Waals surface area (Å²) in [6.45, 7) is 8.94. The van der Waals surface area contributed by atoms with Gasteiger partial charge in [0.05, 0.1) is 0 Å². The Morgan fingerprint density at radius 3 is 2.60 bits per heavy atom. The minimum atomic E-state index is -0.498. The van der Waals surface area contributed by atoms with E-state index < -0.39 is 5.60 Å². The lowest BCUT2D eigenvalue weighted by Gasteiger charge is -2.24. The molecular formula is C18H33N5O2. The lowest BCUT2D eigenvalue weighted by molar-refractivity contribution is 0.0502. The monoisotopic (exact) mass is 351 g/mol. The molecular weight excluding hydrogens is 318 g/mol. The number of nitrogens with one attached hydrogen (secondary N) is 3. The number of aliphatic imine (C=N–C) groups is 1. The normalized spacial score (nSPS) is 13.3. The Labute approximate surface area is 151 Å². The fourth-order valence-electron chi connectivity index (χ4n) is 2.34. The smallest absolute Gasteiger partial charge is 0.407 e. The molecule has 1 heterocycles. The second kappa shape index (κ2) is 9.96. The van der Waals surface area contributed by atoms with Crippen molar-refractivity contribution in [3.05, 3.63) is 24.0 Å². The third-order valence-electron chi connectivity index (χ3n) is 3.45. The predicted octanol–water partition coefficient (Wildman–Crippen LogP) is 2.38. The molecule has 0 saturated heterocycles. The van der Waals surface area contributed by atoms with Crippen LogP contribution in [-0.4, -0.2) is 41.9 Å². The van der Waals surface area contributed by atoms with E-state index >= 15 is 0 Å². The molecule has 0 aliphatic rings. The number of hydrogen-bond acceptors (Lipinski definition) is 3. The van der Waals surface area contributed by atoms with Gasteiger partial charge in [-0.3, -0.25) is 4.99 Å². The van der Waals surface area contributed by atoms with Crippen LogP contribution in [0.25, 0.3) is 0 Å². The van der Waals surface area contributed by atoms with Crippen LogP contribution in [-0.2, 0) is 18.3 Å². The van der Waals surface area contributed by atoms with Gasteiger partial charge in [-0.15, -0.1) is 0 Å². The van der Waals surface area contributed by atoms with Gasteiger partial charge in [0.1, 0.15) is 5.60 Å². The van der Waals surface area contributed by atoms with Crippen LogP contribution in [0.4, 0.5) is 4.79 Å². The molecule has 0 radical (unpaired) electrons. The molecule has 0 bridgehead atoms. The van der Waals surface area contributed by atoms with E-state index in [1.807, 2.05) is 38.6 Å². The zero-order chi connectivity index (χ0) is 18.9. The molecule has 25 heavy (non-hydrogen) atoms. The maximum absolute atomic E-state index is 12.0. The summed E-state index contributed by atoms with van der Waals surface area (Å²) < 4.78 is 7.34. The van der Waals surface area contributed by atoms with Gasteiger partial charge in [-0.05, 0) is 38.8 Å². The average molecular weight is 351 g/mol. The summed E-state index contributed by atoms with van der Waals surface area (Å²) in [5, 5.41) is 9.45. The van der Waals surface area contributed by atoms with E-state index in [1.165, 1.54) is 5.56 Å². The Kier molecular flexibility index (Phi) is 8.31. The summed E-state index contributed by atoms with van der Waals surface area (Å²) in [6.07, 6.45) is 5.51. The van der Waals surface area contributed by atoms with Gasteiger partial charge < -0.3 is 25.3 Å². The van der Waals surface area contributed by atoms with Crippen LogP contribution >= 0.6 is 0 Å². The van der Waals surface area contributed by atoms with Crippen molar-refractivity contribution < 1.29 is 9.53 Å². The first-order valence-electron chi connectivity index (χ1n) is 8.78. The van der Waals surface area contributed by atoms with Crippen molar-refractivity contribution >= 4 is 12.1 Å². The molecule has 1 amide bonds. The lowest BCUT2D eigenvalue weighted by Crippen LogP contribution is -2.48. The molecule has 0 spiro atoms. The van der Waals surface area contributed by atoms with Crippen LogP contribution in [0.2, 0.25) is 0 Å².